The van der Waals surface area contributed by atoms with Crippen molar-refractivity contribution in [2.45, 2.75) is 6.92 Å². The molecule has 1 aliphatic heterocycles. The summed E-state index contributed by atoms with van der Waals surface area (Å²) in [5, 5.41) is 0. The highest BCUT2D eigenvalue weighted by atomic mass is 16.4. The molecule has 2 heteroatoms. The quantitative estimate of drug-likeness (QED) is 0.617. The van der Waals surface area contributed by atoms with Crippen LogP contribution in [0.4, 0.5) is 0 Å². The first-order valence-electron chi connectivity index (χ1n) is 7.24. The number of hydrogen-bond acceptors (Lipinski definition) is 1. The Hall–Kier alpha value is -2.48. The molecule has 0 atom stereocenters. The van der Waals surface area contributed by atoms with Gasteiger partial charge in [-0.25, -0.2) is 0 Å². The van der Waals surface area contributed by atoms with Crippen LogP contribution in [0, 0.1) is 6.92 Å². The molecule has 0 amide bonds. The second-order valence-electron chi connectivity index (χ2n) is 5.49. The van der Waals surface area contributed by atoms with Crippen LogP contribution in [0.15, 0.2) is 72.8 Å². The lowest BCUT2D eigenvalue weighted by molar-refractivity contribution is 0.590. The van der Waals surface area contributed by atoms with Gasteiger partial charge in [0.2, 0.25) is 0 Å². The Bertz CT molecular complexity index is 793. The normalized spacial score (nSPS) is 12.3. The van der Waals surface area contributed by atoms with E-state index in [1.807, 2.05) is 12.1 Å². The molecule has 1 heterocycles. The van der Waals surface area contributed by atoms with E-state index < -0.39 is 0 Å². The predicted octanol–water partition coefficient (Wildman–Crippen LogP) is 3.16. The molecule has 0 aliphatic carbocycles. The van der Waals surface area contributed by atoms with Crippen molar-refractivity contribution in [1.29, 1.82) is 0 Å². The Morgan fingerprint density at radius 1 is 0.714 bits per heavy atom. The Kier molecular flexibility index (Phi) is 2.82. The van der Waals surface area contributed by atoms with Gasteiger partial charge in [0.05, 0.1) is 0 Å². The zero-order chi connectivity index (χ0) is 14.2. The van der Waals surface area contributed by atoms with Crippen molar-refractivity contribution in [2.75, 3.05) is 0 Å². The van der Waals surface area contributed by atoms with E-state index in [0.717, 1.165) is 5.75 Å². The van der Waals surface area contributed by atoms with Crippen LogP contribution in [-0.4, -0.2) is 6.92 Å². The lowest BCUT2D eigenvalue weighted by Gasteiger charge is -2.26. The monoisotopic (exact) mass is 270 g/mol. The third-order valence-electron chi connectivity index (χ3n) is 4.05. The molecule has 0 aromatic heterocycles. The zero-order valence-electron chi connectivity index (χ0n) is 11.9. The molecule has 3 aromatic carbocycles. The molecule has 3 aromatic rings. The number of fused-ring (bicyclic) bond motifs is 3. The van der Waals surface area contributed by atoms with Crippen LogP contribution in [0.3, 0.4) is 0 Å². The average Bonchev–Trinajstić information content (AvgIpc) is 2.55. The van der Waals surface area contributed by atoms with Crippen molar-refractivity contribution in [3.63, 3.8) is 0 Å². The van der Waals surface area contributed by atoms with Gasteiger partial charge in [-0.3, -0.25) is 0 Å². The summed E-state index contributed by atoms with van der Waals surface area (Å²) in [5.41, 5.74) is 6.15. The third-order valence-corrected chi connectivity index (χ3v) is 4.05. The zero-order valence-corrected chi connectivity index (χ0v) is 11.9. The van der Waals surface area contributed by atoms with Crippen LogP contribution < -0.4 is 15.6 Å². The molecule has 21 heavy (non-hydrogen) atoms. The van der Waals surface area contributed by atoms with E-state index in [1.54, 1.807) is 0 Å². The highest BCUT2D eigenvalue weighted by Crippen LogP contribution is 2.32. The van der Waals surface area contributed by atoms with Crippen molar-refractivity contribution in [3.8, 4) is 16.9 Å². The first kappa shape index (κ1) is 12.3. The number of hydrogen-bond donors (Lipinski definition) is 0. The fourth-order valence-corrected chi connectivity index (χ4v) is 2.94. The van der Waals surface area contributed by atoms with Gasteiger partial charge in [0.1, 0.15) is 5.75 Å². The van der Waals surface area contributed by atoms with E-state index in [1.165, 1.54) is 27.6 Å². The predicted molar refractivity (Wildman–Crippen MR) is 88.7 cm³/mol. The van der Waals surface area contributed by atoms with Gasteiger partial charge in [-0.15, -0.1) is 0 Å². The molecule has 0 radical (unpaired) electrons. The fourth-order valence-electron chi connectivity index (χ4n) is 2.94. The van der Waals surface area contributed by atoms with Gasteiger partial charge >= 0.3 is 6.92 Å². The fraction of sp³-hybridized carbons (Fsp3) is 0.0526. The van der Waals surface area contributed by atoms with E-state index in [2.05, 4.69) is 67.6 Å². The van der Waals surface area contributed by atoms with Crippen molar-refractivity contribution in [2.24, 2.45) is 0 Å². The van der Waals surface area contributed by atoms with Crippen LogP contribution in [0.2, 0.25) is 0 Å². The Morgan fingerprint density at radius 2 is 1.38 bits per heavy atom. The minimum absolute atomic E-state index is 0.0308. The van der Waals surface area contributed by atoms with Crippen molar-refractivity contribution < 1.29 is 4.65 Å². The summed E-state index contributed by atoms with van der Waals surface area (Å²) in [6.45, 7) is 2.08. The number of benzene rings is 3. The van der Waals surface area contributed by atoms with Gasteiger partial charge in [0.15, 0.2) is 0 Å². The lowest BCUT2D eigenvalue weighted by atomic mass is 9.52. The molecular formula is C19H15BO. The van der Waals surface area contributed by atoms with Crippen LogP contribution in [-0.2, 0) is 0 Å². The van der Waals surface area contributed by atoms with E-state index in [4.69, 9.17) is 4.65 Å². The smallest absolute Gasteiger partial charge is 0.427 e. The minimum Gasteiger partial charge on any atom is -0.551 e. The molecule has 0 unspecified atom stereocenters. The van der Waals surface area contributed by atoms with E-state index in [9.17, 15) is 0 Å². The summed E-state index contributed by atoms with van der Waals surface area (Å²) < 4.78 is 6.28. The summed E-state index contributed by atoms with van der Waals surface area (Å²) >= 11 is 0. The summed E-state index contributed by atoms with van der Waals surface area (Å²) in [7, 11) is 0. The highest BCUT2D eigenvalue weighted by Gasteiger charge is 2.31. The largest absolute Gasteiger partial charge is 0.551 e. The summed E-state index contributed by atoms with van der Waals surface area (Å²) in [6, 6.07) is 25.4. The molecule has 0 bridgehead atoms. The number of aryl methyl sites for hydroxylation is 1. The van der Waals surface area contributed by atoms with Crippen molar-refractivity contribution in [3.05, 3.63) is 78.4 Å². The topological polar surface area (TPSA) is 9.23 Å². The minimum atomic E-state index is -0.0308. The van der Waals surface area contributed by atoms with Gasteiger partial charge in [-0.2, -0.15) is 0 Å². The van der Waals surface area contributed by atoms with Crippen LogP contribution >= 0.6 is 0 Å². The Labute approximate surface area is 125 Å². The standard InChI is InChI=1S/C19H15BO/c1-14-10-12-15(13-11-14)20-18-8-4-2-6-16(18)17-7-3-5-9-19(17)21-20/h2-13H,1H3. The second-order valence-corrected chi connectivity index (χ2v) is 5.49. The molecule has 0 saturated carbocycles. The maximum atomic E-state index is 6.28. The van der Waals surface area contributed by atoms with Crippen LogP contribution in [0.1, 0.15) is 5.56 Å². The SMILES string of the molecule is Cc1ccc(B2Oc3ccccc3-c3ccccc32)cc1. The van der Waals surface area contributed by atoms with Gasteiger partial charge in [0.25, 0.3) is 0 Å². The number of para-hydroxylation sites is 1. The molecule has 0 N–H and O–H groups in total. The van der Waals surface area contributed by atoms with Crippen LogP contribution in [0.5, 0.6) is 5.75 Å². The maximum Gasteiger partial charge on any atom is 0.427 e. The molecule has 1 aliphatic rings. The number of rotatable bonds is 1. The molecule has 0 saturated heterocycles. The Morgan fingerprint density at radius 3 is 2.19 bits per heavy atom. The summed E-state index contributed by atoms with van der Waals surface area (Å²) in [5.74, 6) is 0.960. The van der Waals surface area contributed by atoms with Crippen molar-refractivity contribution in [1.82, 2.24) is 0 Å². The van der Waals surface area contributed by atoms with E-state index in [0.29, 0.717) is 0 Å². The molecule has 0 spiro atoms. The third kappa shape index (κ3) is 2.04. The first-order chi connectivity index (χ1) is 10.3. The van der Waals surface area contributed by atoms with Gasteiger partial charge in [-0.1, -0.05) is 72.3 Å². The summed E-state index contributed by atoms with van der Waals surface area (Å²) in [4.78, 5) is 0. The van der Waals surface area contributed by atoms with Gasteiger partial charge < -0.3 is 4.65 Å². The van der Waals surface area contributed by atoms with Gasteiger partial charge in [0, 0.05) is 5.56 Å². The van der Waals surface area contributed by atoms with Gasteiger partial charge in [-0.05, 0) is 29.5 Å². The van der Waals surface area contributed by atoms with Crippen molar-refractivity contribution >= 4 is 17.8 Å². The Balaban J connectivity index is 1.90. The molecule has 100 valence electrons. The highest BCUT2D eigenvalue weighted by molar-refractivity contribution is 6.82. The van der Waals surface area contributed by atoms with E-state index in [-0.39, 0.29) is 6.92 Å². The molecular weight excluding hydrogens is 255 g/mol. The second kappa shape index (κ2) is 4.82. The maximum absolute atomic E-state index is 6.28. The summed E-state index contributed by atoms with van der Waals surface area (Å²) in [6.07, 6.45) is 0. The molecule has 1 nitrogen and oxygen atoms in total. The molecule has 4 rings (SSSR count). The molecule has 0 fully saturated rings. The lowest BCUT2D eigenvalue weighted by Crippen LogP contribution is -2.50. The van der Waals surface area contributed by atoms with Crippen LogP contribution in [0.25, 0.3) is 11.1 Å². The first-order valence-corrected chi connectivity index (χ1v) is 7.24. The average molecular weight is 270 g/mol. The van der Waals surface area contributed by atoms with E-state index >= 15 is 0 Å².